The van der Waals surface area contributed by atoms with Crippen molar-refractivity contribution in [3.63, 3.8) is 0 Å². The van der Waals surface area contributed by atoms with Gasteiger partial charge in [0.15, 0.2) is 12.6 Å². The third-order valence-corrected chi connectivity index (χ3v) is 12.5. The topological polar surface area (TPSA) is 228 Å². The first-order valence-corrected chi connectivity index (χ1v) is 25.7. The van der Waals surface area contributed by atoms with E-state index in [1.54, 1.807) is 6.08 Å². The first-order valence-electron chi connectivity index (χ1n) is 25.7. The Bertz CT molecular complexity index is 1230. The van der Waals surface area contributed by atoms with E-state index in [-0.39, 0.29) is 18.9 Å². The van der Waals surface area contributed by atoms with Crippen molar-refractivity contribution in [2.75, 3.05) is 19.8 Å². The summed E-state index contributed by atoms with van der Waals surface area (Å²) in [7, 11) is 0. The van der Waals surface area contributed by atoms with Crippen LogP contribution in [0.1, 0.15) is 187 Å². The highest BCUT2D eigenvalue weighted by molar-refractivity contribution is 5.76. The molecule has 14 heteroatoms. The van der Waals surface area contributed by atoms with E-state index in [2.05, 4.69) is 43.5 Å². The molecule has 0 bridgehead atoms. The highest BCUT2D eigenvalue weighted by Crippen LogP contribution is 2.30. The quantitative estimate of drug-likeness (QED) is 0.0231. The Labute approximate surface area is 391 Å². The normalized spacial score (nSPS) is 27.3. The SMILES string of the molecule is CCCCCCCC/C=C\CCCCCCCCCCCC(=O)NC(COC1OC(CO)C(OC2OC(CO)C(O)C(O)C2O)C(O)C1O)C(O)/C=C/CC/C=C/CCCCCCCC. The van der Waals surface area contributed by atoms with E-state index in [1.807, 2.05) is 6.08 Å². The van der Waals surface area contributed by atoms with E-state index in [0.29, 0.717) is 12.8 Å². The number of hydrogen-bond acceptors (Lipinski definition) is 13. The summed E-state index contributed by atoms with van der Waals surface area (Å²) in [5.41, 5.74) is 0. The van der Waals surface area contributed by atoms with E-state index >= 15 is 0 Å². The van der Waals surface area contributed by atoms with Crippen molar-refractivity contribution in [2.24, 2.45) is 0 Å². The first-order chi connectivity index (χ1) is 31.6. The van der Waals surface area contributed by atoms with Crippen LogP contribution in [0.4, 0.5) is 0 Å². The lowest BCUT2D eigenvalue weighted by molar-refractivity contribution is -0.359. The van der Waals surface area contributed by atoms with Crippen LogP contribution >= 0.6 is 0 Å². The predicted molar refractivity (Wildman–Crippen MR) is 254 cm³/mol. The van der Waals surface area contributed by atoms with Crippen molar-refractivity contribution in [3.05, 3.63) is 36.5 Å². The zero-order chi connectivity index (χ0) is 47.5. The van der Waals surface area contributed by atoms with Gasteiger partial charge in [0.1, 0.15) is 48.8 Å². The summed E-state index contributed by atoms with van der Waals surface area (Å²) < 4.78 is 22.7. The minimum absolute atomic E-state index is 0.254. The number of allylic oxidation sites excluding steroid dienone is 5. The molecule has 0 aromatic rings. The zero-order valence-electron chi connectivity index (χ0n) is 40.2. The van der Waals surface area contributed by atoms with Gasteiger partial charge in [-0.2, -0.15) is 0 Å². The lowest BCUT2D eigenvalue weighted by Crippen LogP contribution is -2.65. The molecule has 2 saturated heterocycles. The molecule has 0 aromatic heterocycles. The van der Waals surface area contributed by atoms with Crippen molar-refractivity contribution in [2.45, 2.75) is 261 Å². The Morgan fingerprint density at radius 3 is 1.51 bits per heavy atom. The second-order valence-electron chi connectivity index (χ2n) is 18.3. The fourth-order valence-corrected chi connectivity index (χ4v) is 8.30. The van der Waals surface area contributed by atoms with Gasteiger partial charge in [-0.3, -0.25) is 4.79 Å². The van der Waals surface area contributed by atoms with Gasteiger partial charge in [0.25, 0.3) is 0 Å². The molecule has 0 saturated carbocycles. The number of rotatable bonds is 39. The molecule has 2 fully saturated rings. The molecule has 380 valence electrons. The highest BCUT2D eigenvalue weighted by atomic mass is 16.7. The van der Waals surface area contributed by atoms with Crippen LogP contribution in [-0.4, -0.2) is 140 Å². The number of aliphatic hydroxyl groups excluding tert-OH is 8. The minimum atomic E-state index is -1.79. The van der Waals surface area contributed by atoms with Gasteiger partial charge in [-0.15, -0.1) is 0 Å². The molecule has 0 spiro atoms. The number of unbranched alkanes of at least 4 members (excludes halogenated alkanes) is 22. The molecule has 9 N–H and O–H groups in total. The Morgan fingerprint density at radius 2 is 0.985 bits per heavy atom. The lowest BCUT2D eigenvalue weighted by atomic mass is 9.97. The van der Waals surface area contributed by atoms with E-state index in [9.17, 15) is 45.6 Å². The number of carbonyl (C=O) groups excluding carboxylic acids is 1. The molecular weight excluding hydrogens is 835 g/mol. The van der Waals surface area contributed by atoms with Gasteiger partial charge in [-0.05, 0) is 57.8 Å². The maximum atomic E-state index is 13.2. The molecule has 0 aromatic carbocycles. The van der Waals surface area contributed by atoms with Crippen LogP contribution in [-0.2, 0) is 23.7 Å². The van der Waals surface area contributed by atoms with Crippen LogP contribution in [0.5, 0.6) is 0 Å². The van der Waals surface area contributed by atoms with Gasteiger partial charge in [0, 0.05) is 6.42 Å². The van der Waals surface area contributed by atoms with E-state index in [0.717, 1.165) is 32.1 Å². The monoisotopic (exact) mass is 928 g/mol. The van der Waals surface area contributed by atoms with Crippen LogP contribution in [0.25, 0.3) is 0 Å². The number of aliphatic hydroxyl groups is 8. The Balaban J connectivity index is 1.83. The van der Waals surface area contributed by atoms with E-state index in [1.165, 1.54) is 122 Å². The Hall–Kier alpha value is -1.79. The summed E-state index contributed by atoms with van der Waals surface area (Å²) >= 11 is 0. The average molecular weight is 928 g/mol. The van der Waals surface area contributed by atoms with Crippen LogP contribution in [0.2, 0.25) is 0 Å². The molecule has 2 aliphatic heterocycles. The van der Waals surface area contributed by atoms with Crippen molar-refractivity contribution >= 4 is 5.91 Å². The van der Waals surface area contributed by atoms with Gasteiger partial charge in [0.05, 0.1) is 32.0 Å². The molecule has 2 heterocycles. The largest absolute Gasteiger partial charge is 0.394 e. The summed E-state index contributed by atoms with van der Waals surface area (Å²) in [4.78, 5) is 13.2. The summed E-state index contributed by atoms with van der Waals surface area (Å²) in [5.74, 6) is -0.254. The van der Waals surface area contributed by atoms with Gasteiger partial charge in [0.2, 0.25) is 5.91 Å². The maximum Gasteiger partial charge on any atom is 0.220 e. The van der Waals surface area contributed by atoms with Gasteiger partial charge >= 0.3 is 0 Å². The summed E-state index contributed by atoms with van der Waals surface area (Å²) in [6, 6.07) is -0.929. The highest BCUT2D eigenvalue weighted by Gasteiger charge is 2.51. The fraction of sp³-hybridized carbons (Fsp3) is 0.863. The number of nitrogens with one attached hydrogen (secondary N) is 1. The van der Waals surface area contributed by atoms with Gasteiger partial charge < -0.3 is 65.1 Å². The Kier molecular flexibility index (Phi) is 34.8. The van der Waals surface area contributed by atoms with Crippen molar-refractivity contribution in [1.29, 1.82) is 0 Å². The number of hydrogen-bond donors (Lipinski definition) is 9. The number of amides is 1. The van der Waals surface area contributed by atoms with Crippen LogP contribution in [0.3, 0.4) is 0 Å². The van der Waals surface area contributed by atoms with Gasteiger partial charge in [-0.1, -0.05) is 159 Å². The zero-order valence-corrected chi connectivity index (χ0v) is 40.2. The number of ether oxygens (including phenoxy) is 4. The van der Waals surface area contributed by atoms with Crippen LogP contribution in [0, 0.1) is 0 Å². The van der Waals surface area contributed by atoms with Crippen molar-refractivity contribution in [3.8, 4) is 0 Å². The van der Waals surface area contributed by atoms with Gasteiger partial charge in [-0.25, -0.2) is 0 Å². The molecule has 2 rings (SSSR count). The minimum Gasteiger partial charge on any atom is -0.394 e. The van der Waals surface area contributed by atoms with E-state index in [4.69, 9.17) is 18.9 Å². The standard InChI is InChI=1S/C51H93NO13/c1-3-5-7-9-11-13-15-17-18-19-20-21-22-23-25-27-29-31-33-35-43(56)52-39(40(55)34-32-30-28-26-24-16-14-12-10-8-6-4-2)38-62-50-48(61)46(59)49(42(37-54)64-50)65-51-47(60)45(58)44(57)41(36-53)63-51/h17-18,24,26,32,34,39-42,44-51,53-55,57-61H,3-16,19-23,25,27-31,33,35-38H2,1-2H3,(H,52,56)/b18-17-,26-24+,34-32+. The molecule has 2 aliphatic rings. The predicted octanol–water partition coefficient (Wildman–Crippen LogP) is 6.71. The fourth-order valence-electron chi connectivity index (χ4n) is 8.30. The molecule has 0 radical (unpaired) electrons. The Morgan fingerprint density at radius 1 is 0.538 bits per heavy atom. The first kappa shape index (κ1) is 59.3. The average Bonchev–Trinajstić information content (AvgIpc) is 3.30. The third kappa shape index (κ3) is 25.4. The van der Waals surface area contributed by atoms with E-state index < -0.39 is 86.8 Å². The molecule has 12 atom stereocenters. The smallest absolute Gasteiger partial charge is 0.220 e. The molecule has 12 unspecified atom stereocenters. The molecule has 65 heavy (non-hydrogen) atoms. The number of carbonyl (C=O) groups is 1. The lowest BCUT2D eigenvalue weighted by Gasteiger charge is -2.46. The van der Waals surface area contributed by atoms with Crippen LogP contribution in [0.15, 0.2) is 36.5 Å². The second kappa shape index (κ2) is 38.1. The molecular formula is C51H93NO13. The molecule has 1 amide bonds. The maximum absolute atomic E-state index is 13.2. The third-order valence-electron chi connectivity index (χ3n) is 12.5. The molecule has 0 aliphatic carbocycles. The second-order valence-corrected chi connectivity index (χ2v) is 18.3. The summed E-state index contributed by atoms with van der Waals surface area (Å²) in [6.45, 7) is 2.74. The van der Waals surface area contributed by atoms with Crippen LogP contribution < -0.4 is 5.32 Å². The summed E-state index contributed by atoms with van der Waals surface area (Å²) in [5, 5.41) is 86.6. The summed E-state index contributed by atoms with van der Waals surface area (Å²) in [6.07, 6.45) is 26.2. The van der Waals surface area contributed by atoms with Crippen molar-refractivity contribution in [1.82, 2.24) is 5.32 Å². The van der Waals surface area contributed by atoms with Crippen molar-refractivity contribution < 1.29 is 64.6 Å². The molecule has 14 nitrogen and oxygen atoms in total.